The number of rotatable bonds is 7. The van der Waals surface area contributed by atoms with E-state index < -0.39 is 28.8 Å². The molecular formula is C29H35F3N4O2. The molecule has 204 valence electrons. The summed E-state index contributed by atoms with van der Waals surface area (Å²) in [6, 6.07) is 12.5. The lowest BCUT2D eigenvalue weighted by Gasteiger charge is -2.37. The van der Waals surface area contributed by atoms with Gasteiger partial charge in [-0.15, -0.1) is 0 Å². The van der Waals surface area contributed by atoms with Gasteiger partial charge in [0.05, 0.1) is 17.2 Å². The molecule has 2 aliphatic rings. The van der Waals surface area contributed by atoms with Gasteiger partial charge in [0.25, 0.3) is 5.91 Å². The van der Waals surface area contributed by atoms with E-state index in [9.17, 15) is 23.1 Å². The normalized spacial score (nSPS) is 19.5. The molecular weight excluding hydrogens is 493 g/mol. The van der Waals surface area contributed by atoms with Crippen molar-refractivity contribution < 1.29 is 23.1 Å². The van der Waals surface area contributed by atoms with Crippen LogP contribution in [0.25, 0.3) is 0 Å². The van der Waals surface area contributed by atoms with E-state index >= 15 is 0 Å². The Bertz CT molecular complexity index is 1170. The highest BCUT2D eigenvalue weighted by atomic mass is 19.4. The lowest BCUT2D eigenvalue weighted by molar-refractivity contribution is -0.142. The van der Waals surface area contributed by atoms with E-state index in [1.54, 1.807) is 6.07 Å². The Morgan fingerprint density at radius 3 is 2.39 bits per heavy atom. The van der Waals surface area contributed by atoms with Crippen LogP contribution in [0.15, 0.2) is 42.5 Å². The summed E-state index contributed by atoms with van der Waals surface area (Å²) in [4.78, 5) is 18.2. The van der Waals surface area contributed by atoms with E-state index in [2.05, 4.69) is 22.2 Å². The van der Waals surface area contributed by atoms with Crippen molar-refractivity contribution in [3.8, 4) is 6.07 Å². The van der Waals surface area contributed by atoms with Crippen LogP contribution in [-0.2, 0) is 23.9 Å². The number of nitriles is 1. The number of carbonyl (C=O) groups excluding carboxylic acids is 1. The molecule has 1 amide bonds. The second-order valence-electron chi connectivity index (χ2n) is 10.7. The monoisotopic (exact) mass is 528 g/mol. The van der Waals surface area contributed by atoms with Crippen LogP contribution in [0, 0.1) is 17.2 Å². The van der Waals surface area contributed by atoms with Crippen molar-refractivity contribution in [3.05, 3.63) is 64.7 Å². The molecule has 2 aromatic carbocycles. The lowest BCUT2D eigenvalue weighted by Crippen LogP contribution is -2.51. The van der Waals surface area contributed by atoms with Gasteiger partial charge in [0.15, 0.2) is 0 Å². The zero-order chi connectivity index (χ0) is 27.3. The molecule has 1 saturated heterocycles. The highest BCUT2D eigenvalue weighted by Crippen LogP contribution is 2.37. The molecule has 0 bridgehead atoms. The molecule has 2 N–H and O–H groups in total. The van der Waals surface area contributed by atoms with E-state index in [-0.39, 0.29) is 18.0 Å². The van der Waals surface area contributed by atoms with Gasteiger partial charge >= 0.3 is 6.18 Å². The predicted molar refractivity (Wildman–Crippen MR) is 139 cm³/mol. The number of benzene rings is 2. The number of carbonyl (C=O) groups is 1. The summed E-state index contributed by atoms with van der Waals surface area (Å²) in [7, 11) is 2.11. The fourth-order valence-electron chi connectivity index (χ4n) is 5.60. The number of nitrogens with one attached hydrogen (secondary N) is 1. The van der Waals surface area contributed by atoms with Gasteiger partial charge in [0.1, 0.15) is 5.60 Å². The molecule has 6 nitrogen and oxygen atoms in total. The summed E-state index contributed by atoms with van der Waals surface area (Å²) >= 11 is 0. The van der Waals surface area contributed by atoms with Crippen LogP contribution in [0.3, 0.4) is 0 Å². The lowest BCUT2D eigenvalue weighted by atomic mass is 9.73. The van der Waals surface area contributed by atoms with Gasteiger partial charge < -0.3 is 15.3 Å². The molecule has 0 aromatic heterocycles. The highest BCUT2D eigenvalue weighted by molar-refractivity contribution is 5.97. The summed E-state index contributed by atoms with van der Waals surface area (Å²) < 4.78 is 40.4. The highest BCUT2D eigenvalue weighted by Gasteiger charge is 2.44. The van der Waals surface area contributed by atoms with E-state index in [0.29, 0.717) is 12.8 Å². The third-order valence-electron chi connectivity index (χ3n) is 7.84. The number of likely N-dealkylation sites (N-methyl/N-ethyl adjacent to an activating group) is 1. The molecule has 1 heterocycles. The number of nitrogens with zero attached hydrogens (tertiary/aromatic N) is 3. The molecule has 4 rings (SSSR count). The first-order valence-corrected chi connectivity index (χ1v) is 13.2. The summed E-state index contributed by atoms with van der Waals surface area (Å²) in [6.07, 6.45) is -0.521. The van der Waals surface area contributed by atoms with Crippen molar-refractivity contribution in [2.75, 3.05) is 38.5 Å². The minimum atomic E-state index is -4.74. The van der Waals surface area contributed by atoms with E-state index in [4.69, 9.17) is 5.26 Å². The number of aliphatic hydroxyl groups is 1. The third-order valence-corrected chi connectivity index (χ3v) is 7.84. The first-order valence-electron chi connectivity index (χ1n) is 13.2. The van der Waals surface area contributed by atoms with Gasteiger partial charge in [0, 0.05) is 44.8 Å². The molecule has 1 unspecified atom stereocenters. The first-order chi connectivity index (χ1) is 18.1. The van der Waals surface area contributed by atoms with Crippen molar-refractivity contribution >= 4 is 11.6 Å². The average molecular weight is 529 g/mol. The Balaban J connectivity index is 1.56. The van der Waals surface area contributed by atoms with Gasteiger partial charge in [-0.2, -0.15) is 18.4 Å². The molecule has 38 heavy (non-hydrogen) atoms. The van der Waals surface area contributed by atoms with Gasteiger partial charge in [-0.3, -0.25) is 9.69 Å². The van der Waals surface area contributed by atoms with Gasteiger partial charge in [-0.1, -0.05) is 43.5 Å². The quantitative estimate of drug-likeness (QED) is 0.539. The first kappa shape index (κ1) is 28.1. The summed E-state index contributed by atoms with van der Waals surface area (Å²) in [5.41, 5.74) is -1.60. The smallest absolute Gasteiger partial charge is 0.379 e. The van der Waals surface area contributed by atoms with E-state index in [0.717, 1.165) is 75.2 Å². The predicted octanol–water partition coefficient (Wildman–Crippen LogP) is 4.82. The zero-order valence-electron chi connectivity index (χ0n) is 21.7. The van der Waals surface area contributed by atoms with Crippen LogP contribution in [0.2, 0.25) is 0 Å². The molecule has 1 aliphatic carbocycles. The number of piperazine rings is 1. The van der Waals surface area contributed by atoms with Crippen molar-refractivity contribution in [1.29, 1.82) is 5.26 Å². The maximum atomic E-state index is 13.6. The van der Waals surface area contributed by atoms with Crippen LogP contribution in [-0.4, -0.2) is 59.6 Å². The van der Waals surface area contributed by atoms with Crippen molar-refractivity contribution in [3.63, 3.8) is 0 Å². The van der Waals surface area contributed by atoms with Crippen LogP contribution in [0.1, 0.15) is 54.4 Å². The van der Waals surface area contributed by atoms with Crippen molar-refractivity contribution in [1.82, 2.24) is 9.80 Å². The van der Waals surface area contributed by atoms with Crippen LogP contribution < -0.4 is 5.32 Å². The Morgan fingerprint density at radius 1 is 1.05 bits per heavy atom. The largest absolute Gasteiger partial charge is 0.417 e. The number of hydrogen-bond donors (Lipinski definition) is 2. The van der Waals surface area contributed by atoms with Crippen LogP contribution in [0.5, 0.6) is 0 Å². The Labute approximate surface area is 222 Å². The number of alkyl halides is 3. The fourth-order valence-corrected chi connectivity index (χ4v) is 5.60. The maximum Gasteiger partial charge on any atom is 0.417 e. The number of amides is 1. The van der Waals surface area contributed by atoms with E-state index in [1.165, 1.54) is 6.07 Å². The van der Waals surface area contributed by atoms with E-state index in [1.807, 2.05) is 24.3 Å². The molecule has 1 atom stereocenters. The Kier molecular flexibility index (Phi) is 8.76. The molecule has 1 aliphatic heterocycles. The minimum absolute atomic E-state index is 0.0719. The molecule has 0 radical (unpaired) electrons. The van der Waals surface area contributed by atoms with Crippen molar-refractivity contribution in [2.45, 2.75) is 56.8 Å². The SMILES string of the molecule is CN1CCN(Cc2cccc(CC(O)(C(=O)Nc3ccc(C#N)c(C(F)(F)F)c3)C3CCCCC3)c2)CC1. The average Bonchev–Trinajstić information content (AvgIpc) is 2.90. The summed E-state index contributed by atoms with van der Waals surface area (Å²) in [6.45, 7) is 4.74. The van der Waals surface area contributed by atoms with Gasteiger partial charge in [-0.25, -0.2) is 0 Å². The van der Waals surface area contributed by atoms with Crippen molar-refractivity contribution in [2.24, 2.45) is 5.92 Å². The van der Waals surface area contributed by atoms with Gasteiger partial charge in [-0.05, 0) is 55.1 Å². The second kappa shape index (κ2) is 11.9. The zero-order valence-corrected chi connectivity index (χ0v) is 21.7. The minimum Gasteiger partial charge on any atom is -0.379 e. The Morgan fingerprint density at radius 2 is 1.74 bits per heavy atom. The molecule has 1 saturated carbocycles. The standard InChI is InChI=1S/C29H35F3N4O2/c1-35-12-14-36(15-13-35)20-22-7-5-6-21(16-22)18-28(38,24-8-3-2-4-9-24)27(37)34-25-11-10-23(19-33)26(17-25)29(30,31)32/h5-7,10-11,16-17,24,38H,2-4,8-9,12-15,18,20H2,1H3,(H,34,37). The third kappa shape index (κ3) is 6.73. The number of hydrogen-bond acceptors (Lipinski definition) is 5. The summed E-state index contributed by atoms with van der Waals surface area (Å²) in [5, 5.41) is 23.5. The van der Waals surface area contributed by atoms with Crippen LogP contribution in [0.4, 0.5) is 18.9 Å². The molecule has 0 spiro atoms. The number of halogens is 3. The van der Waals surface area contributed by atoms with Gasteiger partial charge in [0.2, 0.25) is 0 Å². The fraction of sp³-hybridized carbons (Fsp3) is 0.517. The maximum absolute atomic E-state index is 13.6. The Hall–Kier alpha value is -2.93. The second-order valence-corrected chi connectivity index (χ2v) is 10.7. The molecule has 9 heteroatoms. The van der Waals surface area contributed by atoms with Crippen LogP contribution >= 0.6 is 0 Å². The summed E-state index contributed by atoms with van der Waals surface area (Å²) in [5.74, 6) is -1.02. The topological polar surface area (TPSA) is 79.6 Å². The molecule has 2 aromatic rings. The number of anilines is 1. The molecule has 2 fully saturated rings.